The molecular weight excluding hydrogens is 394 g/mol. The van der Waals surface area contributed by atoms with Crippen molar-refractivity contribution >= 4 is 23.6 Å². The summed E-state index contributed by atoms with van der Waals surface area (Å²) < 4.78 is 5.26. The second kappa shape index (κ2) is 7.91. The molecule has 3 amide bonds. The number of amides is 3. The van der Waals surface area contributed by atoms with Crippen molar-refractivity contribution in [2.75, 3.05) is 18.5 Å². The van der Waals surface area contributed by atoms with Crippen LogP contribution >= 0.6 is 0 Å². The van der Waals surface area contributed by atoms with E-state index in [2.05, 4.69) is 10.6 Å². The number of urea groups is 1. The molecule has 2 aromatic carbocycles. The number of hydrogen-bond acceptors (Lipinski definition) is 4. The van der Waals surface area contributed by atoms with E-state index in [1.54, 1.807) is 0 Å². The fourth-order valence-corrected chi connectivity index (χ4v) is 4.00. The van der Waals surface area contributed by atoms with Crippen LogP contribution < -0.4 is 10.6 Å². The Morgan fingerprint density at radius 1 is 1.13 bits per heavy atom. The third-order valence-corrected chi connectivity index (χ3v) is 5.92. The average Bonchev–Trinajstić information content (AvgIpc) is 3.11. The van der Waals surface area contributed by atoms with Crippen molar-refractivity contribution in [2.45, 2.75) is 33.7 Å². The summed E-state index contributed by atoms with van der Waals surface area (Å²) in [6, 6.07) is 10.5. The Hall–Kier alpha value is -3.61. The predicted molar refractivity (Wildman–Crippen MR) is 116 cm³/mol. The van der Waals surface area contributed by atoms with E-state index in [4.69, 9.17) is 4.74 Å². The van der Waals surface area contributed by atoms with Crippen LogP contribution in [0.3, 0.4) is 0 Å². The summed E-state index contributed by atoms with van der Waals surface area (Å²) in [5.41, 5.74) is 6.38. The smallest absolute Gasteiger partial charge is 0.338 e. The van der Waals surface area contributed by atoms with Gasteiger partial charge in [-0.05, 0) is 56.0 Å². The zero-order valence-corrected chi connectivity index (χ0v) is 18.0. The van der Waals surface area contributed by atoms with Crippen LogP contribution in [-0.2, 0) is 14.3 Å². The van der Waals surface area contributed by atoms with Gasteiger partial charge in [-0.25, -0.2) is 9.59 Å². The monoisotopic (exact) mass is 419 g/mol. The van der Waals surface area contributed by atoms with Gasteiger partial charge in [0.05, 0.1) is 17.3 Å². The van der Waals surface area contributed by atoms with Gasteiger partial charge in [-0.3, -0.25) is 9.69 Å². The molecule has 0 fully saturated rings. The van der Waals surface area contributed by atoms with Crippen molar-refractivity contribution in [3.05, 3.63) is 75.5 Å². The number of cyclic esters (lactones) is 1. The molecule has 7 nitrogen and oxygen atoms in total. The van der Waals surface area contributed by atoms with Gasteiger partial charge in [0.25, 0.3) is 0 Å². The highest BCUT2D eigenvalue weighted by Gasteiger charge is 2.43. The van der Waals surface area contributed by atoms with Gasteiger partial charge in [0.15, 0.2) is 0 Å². The van der Waals surface area contributed by atoms with Crippen LogP contribution in [0.15, 0.2) is 47.7 Å². The van der Waals surface area contributed by atoms with Crippen LogP contribution in [0.5, 0.6) is 0 Å². The molecule has 7 heteroatoms. The first-order valence-electron chi connectivity index (χ1n) is 10.2. The molecule has 2 heterocycles. The minimum absolute atomic E-state index is 0.0281. The molecule has 0 bridgehead atoms. The topological polar surface area (TPSA) is 87.7 Å². The summed E-state index contributed by atoms with van der Waals surface area (Å²) in [6.07, 6.45) is 0. The Labute approximate surface area is 181 Å². The second-order valence-electron chi connectivity index (χ2n) is 8.06. The predicted octanol–water partition coefficient (Wildman–Crippen LogP) is 3.44. The quantitative estimate of drug-likeness (QED) is 0.744. The highest BCUT2D eigenvalue weighted by Crippen LogP contribution is 2.36. The lowest BCUT2D eigenvalue weighted by atomic mass is 9.91. The first-order valence-corrected chi connectivity index (χ1v) is 10.2. The van der Waals surface area contributed by atoms with Gasteiger partial charge in [0.2, 0.25) is 5.91 Å². The van der Waals surface area contributed by atoms with Crippen molar-refractivity contribution in [1.82, 2.24) is 10.2 Å². The van der Waals surface area contributed by atoms with E-state index in [-0.39, 0.29) is 19.1 Å². The number of rotatable bonds is 4. The normalized spacial score (nSPS) is 17.9. The maximum atomic E-state index is 13.0. The number of benzene rings is 2. The van der Waals surface area contributed by atoms with E-state index < -0.39 is 18.0 Å². The van der Waals surface area contributed by atoms with Gasteiger partial charge in [-0.1, -0.05) is 35.9 Å². The van der Waals surface area contributed by atoms with Gasteiger partial charge in [0.1, 0.15) is 13.2 Å². The molecule has 0 aromatic heterocycles. The van der Waals surface area contributed by atoms with E-state index >= 15 is 0 Å². The second-order valence-corrected chi connectivity index (χ2v) is 8.06. The number of nitrogens with one attached hydrogen (secondary N) is 2. The summed E-state index contributed by atoms with van der Waals surface area (Å²) in [5, 5.41) is 5.75. The molecule has 4 rings (SSSR count). The molecule has 31 heavy (non-hydrogen) atoms. The number of carbonyl (C=O) groups excluding carboxylic acids is 3. The molecule has 2 N–H and O–H groups in total. The van der Waals surface area contributed by atoms with Gasteiger partial charge < -0.3 is 15.4 Å². The number of nitrogens with zero attached hydrogens (tertiary/aromatic N) is 1. The van der Waals surface area contributed by atoms with E-state index in [0.717, 1.165) is 27.8 Å². The molecule has 2 aliphatic heterocycles. The number of ether oxygens (including phenoxy) is 1. The average molecular weight is 419 g/mol. The zero-order chi connectivity index (χ0) is 22.3. The van der Waals surface area contributed by atoms with Gasteiger partial charge in [-0.2, -0.15) is 0 Å². The summed E-state index contributed by atoms with van der Waals surface area (Å²) in [4.78, 5) is 39.5. The first-order chi connectivity index (χ1) is 14.8. The van der Waals surface area contributed by atoms with Crippen molar-refractivity contribution in [3.63, 3.8) is 0 Å². The lowest BCUT2D eigenvalue weighted by Gasteiger charge is -2.33. The largest absolute Gasteiger partial charge is 0.456 e. The molecule has 1 unspecified atom stereocenters. The molecule has 2 aromatic rings. The standard InChI is InChI=1S/C24H25N3O4/c1-13-8-9-15(3)17(10-13)22-21-19(12-31-23(21)29)27(24(30)26-22)11-20(28)25-18-7-5-6-14(2)16(18)4/h5-10,22H,11-12H2,1-4H3,(H,25,28)(H,26,30). The summed E-state index contributed by atoms with van der Waals surface area (Å²) in [5.74, 6) is -0.818. The van der Waals surface area contributed by atoms with Crippen LogP contribution in [0.1, 0.15) is 33.9 Å². The molecule has 1 atom stereocenters. The van der Waals surface area contributed by atoms with Gasteiger partial charge >= 0.3 is 12.0 Å². The van der Waals surface area contributed by atoms with Crippen molar-refractivity contribution in [1.29, 1.82) is 0 Å². The first kappa shape index (κ1) is 20.7. The highest BCUT2D eigenvalue weighted by atomic mass is 16.5. The highest BCUT2D eigenvalue weighted by molar-refractivity contribution is 6.00. The van der Waals surface area contributed by atoms with Crippen LogP contribution in [0.25, 0.3) is 0 Å². The third-order valence-electron chi connectivity index (χ3n) is 5.92. The molecule has 0 aliphatic carbocycles. The Bertz CT molecular complexity index is 1140. The molecule has 0 spiro atoms. The summed E-state index contributed by atoms with van der Waals surface area (Å²) >= 11 is 0. The van der Waals surface area contributed by atoms with E-state index in [1.807, 2.05) is 64.1 Å². The van der Waals surface area contributed by atoms with Crippen LogP contribution in [0.2, 0.25) is 0 Å². The van der Waals surface area contributed by atoms with Gasteiger partial charge in [0, 0.05) is 5.69 Å². The molecule has 0 saturated carbocycles. The number of hydrogen-bond donors (Lipinski definition) is 2. The molecule has 160 valence electrons. The molecule has 2 aliphatic rings. The van der Waals surface area contributed by atoms with Crippen molar-refractivity contribution < 1.29 is 19.1 Å². The van der Waals surface area contributed by atoms with Crippen LogP contribution in [0.4, 0.5) is 10.5 Å². The van der Waals surface area contributed by atoms with Crippen molar-refractivity contribution in [2.24, 2.45) is 0 Å². The molecule has 0 radical (unpaired) electrons. The zero-order valence-electron chi connectivity index (χ0n) is 18.0. The van der Waals surface area contributed by atoms with E-state index in [0.29, 0.717) is 17.0 Å². The number of esters is 1. The number of carbonyl (C=O) groups is 3. The minimum Gasteiger partial charge on any atom is -0.456 e. The Morgan fingerprint density at radius 2 is 1.90 bits per heavy atom. The Balaban J connectivity index is 1.63. The number of aryl methyl sites for hydroxylation is 3. The number of anilines is 1. The van der Waals surface area contributed by atoms with Crippen LogP contribution in [0, 0.1) is 27.7 Å². The lowest BCUT2D eigenvalue weighted by molar-refractivity contribution is -0.136. The Kier molecular flexibility index (Phi) is 5.27. The van der Waals surface area contributed by atoms with E-state index in [1.165, 1.54) is 4.90 Å². The SMILES string of the molecule is Cc1ccc(C)c(C2NC(=O)N(CC(=O)Nc3cccc(C)c3C)C3=C2C(=O)OC3)c1. The fraction of sp³-hybridized carbons (Fsp3) is 0.292. The maximum absolute atomic E-state index is 13.0. The Morgan fingerprint density at radius 3 is 2.68 bits per heavy atom. The van der Waals surface area contributed by atoms with E-state index in [9.17, 15) is 14.4 Å². The summed E-state index contributed by atoms with van der Waals surface area (Å²) in [7, 11) is 0. The summed E-state index contributed by atoms with van der Waals surface area (Å²) in [6.45, 7) is 7.55. The maximum Gasteiger partial charge on any atom is 0.338 e. The van der Waals surface area contributed by atoms with Crippen LogP contribution in [-0.4, -0.2) is 36.0 Å². The van der Waals surface area contributed by atoms with Gasteiger partial charge in [-0.15, -0.1) is 0 Å². The molecular formula is C24H25N3O4. The lowest BCUT2D eigenvalue weighted by Crippen LogP contribution is -2.49. The minimum atomic E-state index is -0.601. The van der Waals surface area contributed by atoms with Crippen molar-refractivity contribution in [3.8, 4) is 0 Å². The molecule has 0 saturated heterocycles. The third kappa shape index (κ3) is 3.79. The fourth-order valence-electron chi connectivity index (χ4n) is 4.00.